The first kappa shape index (κ1) is 13.6. The molecule has 1 aromatic rings. The van der Waals surface area contributed by atoms with Gasteiger partial charge in [-0.15, -0.1) is 0 Å². The Morgan fingerprint density at radius 2 is 2.12 bits per heavy atom. The number of nitrogens with two attached hydrogens (primary N) is 1. The van der Waals surface area contributed by atoms with Crippen LogP contribution in [0.25, 0.3) is 0 Å². The van der Waals surface area contributed by atoms with Crippen molar-refractivity contribution in [2.45, 2.75) is 32.4 Å². The second-order valence-electron chi connectivity index (χ2n) is 4.84. The highest BCUT2D eigenvalue weighted by atomic mass is 127. The van der Waals surface area contributed by atoms with Crippen molar-refractivity contribution in [3.05, 3.63) is 26.2 Å². The molecule has 0 radical (unpaired) electrons. The highest BCUT2D eigenvalue weighted by molar-refractivity contribution is 14.1. The summed E-state index contributed by atoms with van der Waals surface area (Å²) < 4.78 is 2.44. The fourth-order valence-electron chi connectivity index (χ4n) is 2.45. The van der Waals surface area contributed by atoms with Gasteiger partial charge in [0.05, 0.1) is 5.69 Å². The van der Waals surface area contributed by atoms with Gasteiger partial charge in [0, 0.05) is 26.7 Å². The number of rotatable bonds is 1. The average molecular weight is 409 g/mol. The molecule has 1 aromatic carbocycles. The molecule has 1 saturated heterocycles. The lowest BCUT2D eigenvalue weighted by molar-refractivity contribution is 0.315. The van der Waals surface area contributed by atoms with Crippen molar-refractivity contribution in [2.75, 3.05) is 11.4 Å². The third-order valence-electron chi connectivity index (χ3n) is 3.85. The van der Waals surface area contributed by atoms with E-state index in [1.807, 2.05) is 0 Å². The molecule has 3 unspecified atom stereocenters. The smallest absolute Gasteiger partial charge is 0.0513 e. The van der Waals surface area contributed by atoms with Gasteiger partial charge in [-0.25, -0.2) is 0 Å². The van der Waals surface area contributed by atoms with E-state index in [-0.39, 0.29) is 0 Å². The summed E-state index contributed by atoms with van der Waals surface area (Å²) in [5, 5.41) is 0. The normalized spacial score (nSPS) is 29.5. The SMILES string of the molecule is CC1C(N)CCN(c2ccc(I)cc2Br)C1C. The molecule has 0 saturated carbocycles. The average Bonchev–Trinajstić information content (AvgIpc) is 2.28. The quantitative estimate of drug-likeness (QED) is 0.719. The molecule has 1 aliphatic heterocycles. The summed E-state index contributed by atoms with van der Waals surface area (Å²) in [7, 11) is 0. The predicted octanol–water partition coefficient (Wildman–Crippen LogP) is 3.62. The van der Waals surface area contributed by atoms with Gasteiger partial charge in [-0.1, -0.05) is 6.92 Å². The standard InChI is InChI=1S/C13H18BrIN2/c1-8-9(2)17(6-5-12(8)16)13-4-3-10(15)7-11(13)14/h3-4,7-9,12H,5-6,16H2,1-2H3. The Balaban J connectivity index is 2.28. The highest BCUT2D eigenvalue weighted by Crippen LogP contribution is 2.33. The van der Waals surface area contributed by atoms with Gasteiger partial charge < -0.3 is 10.6 Å². The van der Waals surface area contributed by atoms with E-state index in [0.717, 1.165) is 13.0 Å². The van der Waals surface area contributed by atoms with Gasteiger partial charge in [-0.3, -0.25) is 0 Å². The minimum Gasteiger partial charge on any atom is -0.368 e. The minimum atomic E-state index is 0.337. The van der Waals surface area contributed by atoms with Crippen molar-refractivity contribution in [2.24, 2.45) is 11.7 Å². The van der Waals surface area contributed by atoms with Gasteiger partial charge in [-0.2, -0.15) is 0 Å². The summed E-state index contributed by atoms with van der Waals surface area (Å²) in [4.78, 5) is 2.47. The zero-order valence-electron chi connectivity index (χ0n) is 10.2. The predicted molar refractivity (Wildman–Crippen MR) is 85.4 cm³/mol. The first-order chi connectivity index (χ1) is 8.00. The van der Waals surface area contributed by atoms with E-state index < -0.39 is 0 Å². The number of hydrogen-bond acceptors (Lipinski definition) is 2. The Kier molecular flexibility index (Phi) is 4.36. The van der Waals surface area contributed by atoms with E-state index in [0.29, 0.717) is 18.0 Å². The summed E-state index contributed by atoms with van der Waals surface area (Å²) in [5.41, 5.74) is 7.42. The Morgan fingerprint density at radius 1 is 1.41 bits per heavy atom. The highest BCUT2D eigenvalue weighted by Gasteiger charge is 2.31. The molecule has 0 amide bonds. The third-order valence-corrected chi connectivity index (χ3v) is 5.16. The molecular formula is C13H18BrIN2. The number of anilines is 1. The Morgan fingerprint density at radius 3 is 2.76 bits per heavy atom. The van der Waals surface area contributed by atoms with Crippen molar-refractivity contribution < 1.29 is 0 Å². The fourth-order valence-corrected chi connectivity index (χ4v) is 3.98. The fraction of sp³-hybridized carbons (Fsp3) is 0.538. The topological polar surface area (TPSA) is 29.3 Å². The van der Waals surface area contributed by atoms with Gasteiger partial charge in [0.25, 0.3) is 0 Å². The molecule has 94 valence electrons. The van der Waals surface area contributed by atoms with Crippen molar-refractivity contribution >= 4 is 44.2 Å². The second kappa shape index (κ2) is 5.45. The molecule has 4 heteroatoms. The van der Waals surface area contributed by atoms with Gasteiger partial charge >= 0.3 is 0 Å². The largest absolute Gasteiger partial charge is 0.368 e. The van der Waals surface area contributed by atoms with Crippen LogP contribution in [0.2, 0.25) is 0 Å². The van der Waals surface area contributed by atoms with Gasteiger partial charge in [0.15, 0.2) is 0 Å². The summed E-state index contributed by atoms with van der Waals surface area (Å²) in [6.45, 7) is 5.57. The molecule has 0 aliphatic carbocycles. The van der Waals surface area contributed by atoms with E-state index in [9.17, 15) is 0 Å². The lowest BCUT2D eigenvalue weighted by Gasteiger charge is -2.43. The molecule has 1 heterocycles. The molecule has 2 rings (SSSR count). The number of hydrogen-bond donors (Lipinski definition) is 1. The zero-order chi connectivity index (χ0) is 12.6. The Bertz CT molecular complexity index is 410. The molecule has 1 aliphatic rings. The monoisotopic (exact) mass is 408 g/mol. The molecule has 1 fully saturated rings. The van der Waals surface area contributed by atoms with Crippen LogP contribution in [0.1, 0.15) is 20.3 Å². The first-order valence-corrected chi connectivity index (χ1v) is 7.85. The van der Waals surface area contributed by atoms with Crippen molar-refractivity contribution in [3.63, 3.8) is 0 Å². The second-order valence-corrected chi connectivity index (χ2v) is 6.94. The number of halogens is 2. The van der Waals surface area contributed by atoms with Crippen LogP contribution >= 0.6 is 38.5 Å². The summed E-state index contributed by atoms with van der Waals surface area (Å²) in [5.74, 6) is 0.537. The van der Waals surface area contributed by atoms with Gasteiger partial charge in [0.2, 0.25) is 0 Å². The molecule has 0 bridgehead atoms. The van der Waals surface area contributed by atoms with Crippen LogP contribution in [0.5, 0.6) is 0 Å². The minimum absolute atomic E-state index is 0.337. The summed E-state index contributed by atoms with van der Waals surface area (Å²) >= 11 is 6.00. The number of benzene rings is 1. The first-order valence-electron chi connectivity index (χ1n) is 5.98. The maximum atomic E-state index is 6.13. The Labute approximate surface area is 125 Å². The lowest BCUT2D eigenvalue weighted by Crippen LogP contribution is -2.52. The Hall–Kier alpha value is 0.190. The molecule has 0 aromatic heterocycles. The summed E-state index contributed by atoms with van der Waals surface area (Å²) in [6, 6.07) is 7.36. The van der Waals surface area contributed by atoms with Crippen LogP contribution < -0.4 is 10.6 Å². The van der Waals surface area contributed by atoms with Crippen molar-refractivity contribution in [3.8, 4) is 0 Å². The van der Waals surface area contributed by atoms with E-state index in [2.05, 4.69) is 75.5 Å². The van der Waals surface area contributed by atoms with Gasteiger partial charge in [0.1, 0.15) is 0 Å². The van der Waals surface area contributed by atoms with Crippen molar-refractivity contribution in [1.29, 1.82) is 0 Å². The molecule has 2 nitrogen and oxygen atoms in total. The van der Waals surface area contributed by atoms with Crippen LogP contribution in [0, 0.1) is 9.49 Å². The van der Waals surface area contributed by atoms with Crippen molar-refractivity contribution in [1.82, 2.24) is 0 Å². The molecule has 2 N–H and O–H groups in total. The number of piperidine rings is 1. The van der Waals surface area contributed by atoms with Crippen LogP contribution in [0.15, 0.2) is 22.7 Å². The van der Waals surface area contributed by atoms with E-state index in [1.54, 1.807) is 0 Å². The molecule has 0 spiro atoms. The van der Waals surface area contributed by atoms with Crippen LogP contribution in [-0.2, 0) is 0 Å². The molecular weight excluding hydrogens is 391 g/mol. The maximum absolute atomic E-state index is 6.13. The van der Waals surface area contributed by atoms with Crippen LogP contribution in [0.3, 0.4) is 0 Å². The van der Waals surface area contributed by atoms with Crippen LogP contribution in [0.4, 0.5) is 5.69 Å². The maximum Gasteiger partial charge on any atom is 0.0513 e. The third kappa shape index (κ3) is 2.79. The van der Waals surface area contributed by atoms with E-state index >= 15 is 0 Å². The van der Waals surface area contributed by atoms with Crippen LogP contribution in [-0.4, -0.2) is 18.6 Å². The van der Waals surface area contributed by atoms with Gasteiger partial charge in [-0.05, 0) is 76.0 Å². The zero-order valence-corrected chi connectivity index (χ0v) is 13.9. The van der Waals surface area contributed by atoms with E-state index in [4.69, 9.17) is 5.73 Å². The lowest BCUT2D eigenvalue weighted by atomic mass is 9.87. The summed E-state index contributed by atoms with van der Waals surface area (Å²) in [6.07, 6.45) is 1.07. The number of nitrogens with zero attached hydrogens (tertiary/aromatic N) is 1. The molecule has 17 heavy (non-hydrogen) atoms. The molecule has 3 atom stereocenters. The van der Waals surface area contributed by atoms with E-state index in [1.165, 1.54) is 13.7 Å².